The van der Waals surface area contributed by atoms with Crippen molar-refractivity contribution in [1.29, 1.82) is 0 Å². The van der Waals surface area contributed by atoms with Crippen molar-refractivity contribution in [2.24, 2.45) is 0 Å². The Hall–Kier alpha value is 2.25. The molecule has 1 aliphatic rings. The zero-order chi connectivity index (χ0) is 5.11. The van der Waals surface area contributed by atoms with Crippen molar-refractivity contribution < 1.29 is 20.3 Å². The molecular formula is C5H11Bi2MnO. The van der Waals surface area contributed by atoms with Crippen molar-refractivity contribution in [3.63, 3.8) is 0 Å². The van der Waals surface area contributed by atoms with Gasteiger partial charge >= 0.3 is 52.9 Å². The number of hydrogen-bond donors (Lipinski definition) is 1. The maximum absolute atomic E-state index is 9.11. The van der Waals surface area contributed by atoms with Gasteiger partial charge in [-0.2, -0.15) is 0 Å². The molecule has 0 amide bonds. The quantitative estimate of drug-likeness (QED) is 0.435. The Labute approximate surface area is 94.9 Å². The molecule has 0 atom stereocenters. The molecule has 1 fully saturated rings. The van der Waals surface area contributed by atoms with Crippen molar-refractivity contribution >= 4 is 48.4 Å². The van der Waals surface area contributed by atoms with Gasteiger partial charge < -0.3 is 0 Å². The van der Waals surface area contributed by atoms with Crippen LogP contribution in [0.2, 0.25) is 8.26 Å². The first-order valence-corrected chi connectivity index (χ1v) is 9.30. The van der Waals surface area contributed by atoms with E-state index >= 15 is 0 Å². The van der Waals surface area contributed by atoms with E-state index in [1.165, 1.54) is 27.5 Å². The van der Waals surface area contributed by atoms with Gasteiger partial charge in [-0.3, -0.25) is 0 Å². The molecule has 9 heavy (non-hydrogen) atoms. The van der Waals surface area contributed by atoms with Crippen LogP contribution in [0, 0.1) is 0 Å². The van der Waals surface area contributed by atoms with Crippen molar-refractivity contribution in [1.82, 2.24) is 0 Å². The standard InChI is InChI=1S/C5H10.2Bi.Mn.H2O/c1-3-5-4-2;;;;/h1-5H2;;;;1H2/q;;+1;;/p-1. The Morgan fingerprint density at radius 3 is 1.67 bits per heavy atom. The van der Waals surface area contributed by atoms with Crippen LogP contribution >= 0.6 is 0 Å². The zero-order valence-corrected chi connectivity index (χ0v) is 13.4. The summed E-state index contributed by atoms with van der Waals surface area (Å²) < 4.78 is 11.6. The molecule has 0 aliphatic carbocycles. The van der Waals surface area contributed by atoms with Crippen molar-refractivity contribution in [2.45, 2.75) is 27.5 Å². The normalized spacial score (nSPS) is 19.7. The molecule has 4 radical (unpaired) electrons. The molecule has 1 rings (SSSR count). The summed E-state index contributed by atoms with van der Waals surface area (Å²) in [5.41, 5.74) is 0. The molecule has 1 saturated heterocycles. The number of rotatable bonds is 0. The van der Waals surface area contributed by atoms with Gasteiger partial charge in [0, 0.05) is 43.3 Å². The van der Waals surface area contributed by atoms with Gasteiger partial charge in [0.05, 0.1) is 0 Å². The summed E-state index contributed by atoms with van der Waals surface area (Å²) in [5.74, 6) is 0. The summed E-state index contributed by atoms with van der Waals surface area (Å²) in [6.07, 6.45) is 4.04. The molecule has 1 nitrogen and oxygen atoms in total. The fraction of sp³-hybridized carbons (Fsp3) is 1.00. The zero-order valence-electron chi connectivity index (χ0n) is 5.26. The summed E-state index contributed by atoms with van der Waals surface area (Å²) in [4.78, 5) is 0. The van der Waals surface area contributed by atoms with Crippen LogP contribution in [0.15, 0.2) is 0 Å². The Kier molecular flexibility index (Phi) is 12.8. The molecule has 4 heteroatoms. The Bertz CT molecular complexity index is 56.9. The van der Waals surface area contributed by atoms with Gasteiger partial charge in [0.2, 0.25) is 0 Å². The Balaban J connectivity index is 0. The van der Waals surface area contributed by atoms with E-state index in [9.17, 15) is 0 Å². The minimum atomic E-state index is -1.62. The minimum absolute atomic E-state index is 0. The second kappa shape index (κ2) is 8.34. The molecule has 1 heterocycles. The molecule has 0 unspecified atom stereocenters. The van der Waals surface area contributed by atoms with E-state index in [1.54, 1.807) is 0 Å². The van der Waals surface area contributed by atoms with E-state index in [1.807, 2.05) is 0 Å². The van der Waals surface area contributed by atoms with E-state index < -0.39 is 22.2 Å². The molecule has 0 saturated carbocycles. The molecule has 1 aliphatic heterocycles. The number of hydrogen-bond acceptors (Lipinski definition) is 1. The molecule has 1 N–H and O–H groups in total. The van der Waals surface area contributed by atoms with Crippen LogP contribution in [0.1, 0.15) is 19.3 Å². The maximum atomic E-state index is 9.11. The monoisotopic (exact) mass is 560 g/mol. The summed E-state index contributed by atoms with van der Waals surface area (Å²) in [6.45, 7) is 0. The van der Waals surface area contributed by atoms with E-state index in [0.29, 0.717) is 0 Å². The van der Waals surface area contributed by atoms with Gasteiger partial charge in [-0.25, -0.2) is 0 Å². The van der Waals surface area contributed by atoms with Gasteiger partial charge in [-0.05, 0) is 0 Å². The van der Waals surface area contributed by atoms with Crippen LogP contribution in [0.4, 0.5) is 0 Å². The molecule has 0 aromatic heterocycles. The SMILES string of the molecule is [Bi].[Mn].[OH][Bi]1[CH2]CCC[CH2]1. The van der Waals surface area contributed by atoms with Gasteiger partial charge in [-0.15, -0.1) is 0 Å². The van der Waals surface area contributed by atoms with Crippen molar-refractivity contribution in [2.75, 3.05) is 0 Å². The molecule has 0 spiro atoms. The first-order chi connectivity index (χ1) is 3.39. The van der Waals surface area contributed by atoms with Crippen LogP contribution in [0.3, 0.4) is 0 Å². The van der Waals surface area contributed by atoms with E-state index in [2.05, 4.69) is 0 Å². The summed E-state index contributed by atoms with van der Waals surface area (Å²) >= 11 is -1.62. The summed E-state index contributed by atoms with van der Waals surface area (Å²) in [6, 6.07) is 0. The first-order valence-electron chi connectivity index (χ1n) is 2.83. The predicted molar refractivity (Wildman–Crippen MR) is 37.2 cm³/mol. The fourth-order valence-corrected chi connectivity index (χ4v) is 6.32. The van der Waals surface area contributed by atoms with Crippen LogP contribution in [-0.4, -0.2) is 51.6 Å². The average molecular weight is 560 g/mol. The summed E-state index contributed by atoms with van der Waals surface area (Å²) in [5, 5.41) is 0. The van der Waals surface area contributed by atoms with Crippen molar-refractivity contribution in [3.8, 4) is 0 Å². The van der Waals surface area contributed by atoms with Crippen LogP contribution in [0.5, 0.6) is 0 Å². The van der Waals surface area contributed by atoms with Crippen molar-refractivity contribution in [3.05, 3.63) is 0 Å². The molecule has 0 aromatic carbocycles. The van der Waals surface area contributed by atoms with Gasteiger partial charge in [0.25, 0.3) is 0 Å². The van der Waals surface area contributed by atoms with E-state index in [-0.39, 0.29) is 43.3 Å². The third-order valence-electron chi connectivity index (χ3n) is 1.33. The second-order valence-electron chi connectivity index (χ2n) is 2.01. The van der Waals surface area contributed by atoms with Gasteiger partial charge in [0.1, 0.15) is 0 Å². The first kappa shape index (κ1) is 13.8. The molecule has 0 bridgehead atoms. The third-order valence-corrected chi connectivity index (χ3v) is 7.80. The molecule has 0 aromatic rings. The van der Waals surface area contributed by atoms with Crippen LogP contribution < -0.4 is 0 Å². The fourth-order valence-electron chi connectivity index (χ4n) is 0.877. The molecule has 54 valence electrons. The van der Waals surface area contributed by atoms with E-state index in [0.717, 1.165) is 0 Å². The topological polar surface area (TPSA) is 20.2 Å². The van der Waals surface area contributed by atoms with Gasteiger partial charge in [0.15, 0.2) is 0 Å². The Morgan fingerprint density at radius 1 is 1.00 bits per heavy atom. The second-order valence-corrected chi connectivity index (χ2v) is 9.43. The van der Waals surface area contributed by atoms with Gasteiger partial charge in [-0.1, -0.05) is 0 Å². The molecular weight excluding hydrogens is 549 g/mol. The van der Waals surface area contributed by atoms with Crippen LogP contribution in [0.25, 0.3) is 0 Å². The average Bonchev–Trinajstić information content (AvgIpc) is 1.69. The summed E-state index contributed by atoms with van der Waals surface area (Å²) in [7, 11) is 0. The third kappa shape index (κ3) is 6.64. The Morgan fingerprint density at radius 2 is 1.44 bits per heavy atom. The van der Waals surface area contributed by atoms with Crippen LogP contribution in [-0.2, 0) is 17.1 Å². The van der Waals surface area contributed by atoms with E-state index in [4.69, 9.17) is 3.18 Å². The predicted octanol–water partition coefficient (Wildman–Crippen LogP) is 0.771.